The molecule has 0 aliphatic carbocycles. The monoisotopic (exact) mass is 408 g/mol. The second-order valence-corrected chi connectivity index (χ2v) is 8.22. The minimum Gasteiger partial charge on any atom is -0.280 e. The lowest BCUT2D eigenvalue weighted by atomic mass is 10.00. The summed E-state index contributed by atoms with van der Waals surface area (Å²) in [4.78, 5) is 5.03. The molecule has 1 saturated heterocycles. The fraction of sp³-hybridized carbons (Fsp3) is 0.280. The van der Waals surface area contributed by atoms with Gasteiger partial charge in [-0.2, -0.15) is 0 Å². The Bertz CT molecular complexity index is 957. The Morgan fingerprint density at radius 2 is 1.55 bits per heavy atom. The van der Waals surface area contributed by atoms with Crippen molar-refractivity contribution in [3.05, 3.63) is 106 Å². The predicted molar refractivity (Wildman–Crippen MR) is 117 cm³/mol. The SMILES string of the molecule is Cc1ccccc1[C@H]1N(Cc2ccc(F)cc2)CCCN1Cc1cccc(Cl)c1. The second-order valence-electron chi connectivity index (χ2n) is 7.78. The molecule has 29 heavy (non-hydrogen) atoms. The van der Waals surface area contributed by atoms with E-state index in [4.69, 9.17) is 11.6 Å². The highest BCUT2D eigenvalue weighted by molar-refractivity contribution is 6.30. The van der Waals surface area contributed by atoms with Crippen LogP contribution in [-0.2, 0) is 13.1 Å². The minimum absolute atomic E-state index is 0.175. The number of hydrogen-bond donors (Lipinski definition) is 0. The second kappa shape index (κ2) is 9.08. The van der Waals surface area contributed by atoms with Crippen molar-refractivity contribution in [3.63, 3.8) is 0 Å². The van der Waals surface area contributed by atoms with E-state index >= 15 is 0 Å². The molecular weight excluding hydrogens is 383 g/mol. The van der Waals surface area contributed by atoms with Gasteiger partial charge in [-0.25, -0.2) is 4.39 Å². The number of aryl methyl sites for hydroxylation is 1. The third-order valence-electron chi connectivity index (χ3n) is 5.62. The Morgan fingerprint density at radius 1 is 0.862 bits per heavy atom. The van der Waals surface area contributed by atoms with Crippen LogP contribution in [0.25, 0.3) is 0 Å². The smallest absolute Gasteiger partial charge is 0.123 e. The van der Waals surface area contributed by atoms with Crippen LogP contribution in [0.3, 0.4) is 0 Å². The molecule has 3 aromatic carbocycles. The minimum atomic E-state index is -0.189. The van der Waals surface area contributed by atoms with Crippen molar-refractivity contribution in [1.29, 1.82) is 0 Å². The Balaban J connectivity index is 1.66. The Labute approximate surface area is 177 Å². The molecule has 4 rings (SSSR count). The molecule has 1 fully saturated rings. The van der Waals surface area contributed by atoms with Gasteiger partial charge in [-0.05, 0) is 59.9 Å². The maximum atomic E-state index is 13.4. The molecule has 1 aliphatic heterocycles. The van der Waals surface area contributed by atoms with E-state index in [1.54, 1.807) is 12.1 Å². The summed E-state index contributed by atoms with van der Waals surface area (Å²) in [5.41, 5.74) is 4.98. The molecular formula is C25H26ClFN2. The third kappa shape index (κ3) is 4.87. The van der Waals surface area contributed by atoms with Gasteiger partial charge in [-0.1, -0.05) is 60.1 Å². The molecule has 1 aliphatic rings. The lowest BCUT2D eigenvalue weighted by Crippen LogP contribution is -2.47. The Kier molecular flexibility index (Phi) is 6.29. The number of rotatable bonds is 5. The van der Waals surface area contributed by atoms with E-state index < -0.39 is 0 Å². The maximum absolute atomic E-state index is 13.4. The number of benzene rings is 3. The van der Waals surface area contributed by atoms with Crippen LogP contribution < -0.4 is 0 Å². The van der Waals surface area contributed by atoms with Crippen LogP contribution in [-0.4, -0.2) is 22.9 Å². The highest BCUT2D eigenvalue weighted by atomic mass is 35.5. The van der Waals surface area contributed by atoms with Crippen LogP contribution in [0.15, 0.2) is 72.8 Å². The molecule has 0 amide bonds. The van der Waals surface area contributed by atoms with Crippen LogP contribution in [0.2, 0.25) is 5.02 Å². The zero-order valence-electron chi connectivity index (χ0n) is 16.7. The summed E-state index contributed by atoms with van der Waals surface area (Å²) < 4.78 is 13.4. The first-order chi connectivity index (χ1) is 14.1. The highest BCUT2D eigenvalue weighted by Gasteiger charge is 2.31. The Hall–Kier alpha value is -2.20. The molecule has 1 heterocycles. The first kappa shape index (κ1) is 20.1. The molecule has 0 unspecified atom stereocenters. The van der Waals surface area contributed by atoms with E-state index in [2.05, 4.69) is 53.1 Å². The summed E-state index contributed by atoms with van der Waals surface area (Å²) in [6.07, 6.45) is 1.28. The molecule has 1 atom stereocenters. The molecule has 0 N–H and O–H groups in total. The van der Waals surface area contributed by atoms with E-state index in [9.17, 15) is 4.39 Å². The van der Waals surface area contributed by atoms with Gasteiger partial charge in [0, 0.05) is 31.2 Å². The van der Waals surface area contributed by atoms with Gasteiger partial charge in [0.05, 0.1) is 6.17 Å². The van der Waals surface area contributed by atoms with Crippen LogP contribution in [0.5, 0.6) is 0 Å². The quantitative estimate of drug-likeness (QED) is 0.496. The largest absolute Gasteiger partial charge is 0.280 e. The van der Waals surface area contributed by atoms with E-state index in [1.165, 1.54) is 16.7 Å². The van der Waals surface area contributed by atoms with Gasteiger partial charge in [0.15, 0.2) is 0 Å². The van der Waals surface area contributed by atoms with Crippen molar-refractivity contribution < 1.29 is 4.39 Å². The lowest BCUT2D eigenvalue weighted by Gasteiger charge is -2.45. The van der Waals surface area contributed by atoms with E-state index in [0.29, 0.717) is 0 Å². The van der Waals surface area contributed by atoms with Gasteiger partial charge in [-0.3, -0.25) is 9.80 Å². The van der Waals surface area contributed by atoms with Gasteiger partial charge in [-0.15, -0.1) is 0 Å². The number of nitrogens with zero attached hydrogens (tertiary/aromatic N) is 2. The molecule has 150 valence electrons. The first-order valence-corrected chi connectivity index (χ1v) is 10.5. The van der Waals surface area contributed by atoms with Crippen molar-refractivity contribution in [2.45, 2.75) is 32.6 Å². The molecule has 0 radical (unpaired) electrons. The van der Waals surface area contributed by atoms with Crippen molar-refractivity contribution in [3.8, 4) is 0 Å². The zero-order chi connectivity index (χ0) is 20.2. The summed E-state index contributed by atoms with van der Waals surface area (Å²) in [5, 5.41) is 0.773. The zero-order valence-corrected chi connectivity index (χ0v) is 17.4. The normalized spacial score (nSPS) is 18.1. The van der Waals surface area contributed by atoms with Crippen LogP contribution in [0.1, 0.15) is 34.8 Å². The summed E-state index contributed by atoms with van der Waals surface area (Å²) in [5.74, 6) is -0.189. The van der Waals surface area contributed by atoms with Crippen molar-refractivity contribution in [2.75, 3.05) is 13.1 Å². The van der Waals surface area contributed by atoms with Gasteiger partial charge in [0.1, 0.15) is 5.82 Å². The molecule has 2 nitrogen and oxygen atoms in total. The van der Waals surface area contributed by atoms with Crippen molar-refractivity contribution in [1.82, 2.24) is 9.80 Å². The molecule has 4 heteroatoms. The molecule has 0 saturated carbocycles. The van der Waals surface area contributed by atoms with E-state index in [1.807, 2.05) is 24.3 Å². The van der Waals surface area contributed by atoms with Crippen molar-refractivity contribution >= 4 is 11.6 Å². The fourth-order valence-corrected chi connectivity index (χ4v) is 4.46. The average molecular weight is 409 g/mol. The van der Waals surface area contributed by atoms with Gasteiger partial charge in [0.25, 0.3) is 0 Å². The fourth-order valence-electron chi connectivity index (χ4n) is 4.25. The van der Waals surface area contributed by atoms with Crippen molar-refractivity contribution in [2.24, 2.45) is 0 Å². The van der Waals surface area contributed by atoms with Crippen LogP contribution in [0, 0.1) is 12.7 Å². The molecule has 0 aromatic heterocycles. The highest BCUT2D eigenvalue weighted by Crippen LogP contribution is 2.34. The predicted octanol–water partition coefficient (Wildman–Crippen LogP) is 6.19. The molecule has 0 spiro atoms. The summed E-state index contributed by atoms with van der Waals surface area (Å²) in [6, 6.07) is 23.6. The van der Waals surface area contributed by atoms with Crippen LogP contribution in [0.4, 0.5) is 4.39 Å². The van der Waals surface area contributed by atoms with Crippen LogP contribution >= 0.6 is 11.6 Å². The standard InChI is InChI=1S/C25H26ClFN2/c1-19-6-2-3-9-24(19)25-28(17-20-10-12-23(27)13-11-20)14-5-15-29(25)18-21-7-4-8-22(26)16-21/h2-4,6-13,16,25H,5,14-15,17-18H2,1H3/t25-/m0/s1. The van der Waals surface area contributed by atoms with Gasteiger partial charge >= 0.3 is 0 Å². The summed E-state index contributed by atoms with van der Waals surface area (Å²) in [6.45, 7) is 5.87. The lowest BCUT2D eigenvalue weighted by molar-refractivity contribution is -0.00946. The van der Waals surface area contributed by atoms with Gasteiger partial charge in [0.2, 0.25) is 0 Å². The van der Waals surface area contributed by atoms with E-state index in [-0.39, 0.29) is 12.0 Å². The Morgan fingerprint density at radius 3 is 2.24 bits per heavy atom. The maximum Gasteiger partial charge on any atom is 0.123 e. The molecule has 0 bridgehead atoms. The number of halogens is 2. The average Bonchev–Trinajstić information content (AvgIpc) is 2.71. The number of hydrogen-bond acceptors (Lipinski definition) is 2. The summed E-state index contributed by atoms with van der Waals surface area (Å²) in [7, 11) is 0. The molecule has 3 aromatic rings. The third-order valence-corrected chi connectivity index (χ3v) is 5.86. The van der Waals surface area contributed by atoms with E-state index in [0.717, 1.165) is 43.2 Å². The summed E-state index contributed by atoms with van der Waals surface area (Å²) >= 11 is 6.23. The van der Waals surface area contributed by atoms with Gasteiger partial charge < -0.3 is 0 Å². The topological polar surface area (TPSA) is 6.48 Å². The first-order valence-electron chi connectivity index (χ1n) is 10.1.